The summed E-state index contributed by atoms with van der Waals surface area (Å²) in [7, 11) is 0. The van der Waals surface area contributed by atoms with Gasteiger partial charge in [0.25, 0.3) is 0 Å². The monoisotopic (exact) mass is 276 g/mol. The lowest BCUT2D eigenvalue weighted by Crippen LogP contribution is -1.96. The molecular formula is C13H12N2O3S. The standard InChI is InChI=1S/C13H12N2O3S/c16-13(17)9-3-1-2-8(6-9)11-14-15-12(18-11)10-4-5-19-7-10/h1-3,6,10H,4-5,7H2,(H,16,17). The molecule has 1 N–H and O–H groups in total. The molecule has 2 aromatic rings. The van der Waals surface area contributed by atoms with E-state index in [4.69, 9.17) is 9.52 Å². The van der Waals surface area contributed by atoms with Crippen LogP contribution in [-0.4, -0.2) is 32.8 Å². The van der Waals surface area contributed by atoms with Gasteiger partial charge in [0.2, 0.25) is 11.8 Å². The largest absolute Gasteiger partial charge is 0.478 e. The fourth-order valence-electron chi connectivity index (χ4n) is 2.03. The quantitative estimate of drug-likeness (QED) is 0.928. The zero-order valence-electron chi connectivity index (χ0n) is 10.1. The maximum Gasteiger partial charge on any atom is 0.335 e. The number of carboxylic acid groups (broad SMARTS) is 1. The topological polar surface area (TPSA) is 76.2 Å². The molecular weight excluding hydrogens is 264 g/mol. The van der Waals surface area contributed by atoms with Crippen LogP contribution in [-0.2, 0) is 0 Å². The normalized spacial score (nSPS) is 18.6. The van der Waals surface area contributed by atoms with E-state index >= 15 is 0 Å². The summed E-state index contributed by atoms with van der Waals surface area (Å²) in [4.78, 5) is 10.9. The number of thioether (sulfide) groups is 1. The summed E-state index contributed by atoms with van der Waals surface area (Å²) in [6.45, 7) is 0. The van der Waals surface area contributed by atoms with E-state index in [9.17, 15) is 4.79 Å². The van der Waals surface area contributed by atoms with E-state index in [2.05, 4.69) is 10.2 Å². The van der Waals surface area contributed by atoms with Crippen molar-refractivity contribution in [3.63, 3.8) is 0 Å². The molecule has 98 valence electrons. The van der Waals surface area contributed by atoms with Crippen molar-refractivity contribution < 1.29 is 14.3 Å². The Hall–Kier alpha value is -1.82. The number of benzene rings is 1. The molecule has 0 aliphatic carbocycles. The van der Waals surface area contributed by atoms with E-state index in [1.54, 1.807) is 18.2 Å². The maximum atomic E-state index is 10.9. The highest BCUT2D eigenvalue weighted by atomic mass is 32.2. The van der Waals surface area contributed by atoms with Gasteiger partial charge in [-0.05, 0) is 30.4 Å². The van der Waals surface area contributed by atoms with Crippen molar-refractivity contribution in [3.8, 4) is 11.5 Å². The lowest BCUT2D eigenvalue weighted by Gasteiger charge is -2.00. The Balaban J connectivity index is 1.89. The van der Waals surface area contributed by atoms with Crippen molar-refractivity contribution in [2.24, 2.45) is 0 Å². The van der Waals surface area contributed by atoms with Crippen LogP contribution in [0.15, 0.2) is 28.7 Å². The van der Waals surface area contributed by atoms with Crippen molar-refractivity contribution in [1.82, 2.24) is 10.2 Å². The van der Waals surface area contributed by atoms with Crippen molar-refractivity contribution in [2.45, 2.75) is 12.3 Å². The van der Waals surface area contributed by atoms with Crippen LogP contribution in [0.25, 0.3) is 11.5 Å². The van der Waals surface area contributed by atoms with Gasteiger partial charge in [-0.15, -0.1) is 10.2 Å². The molecule has 0 spiro atoms. The van der Waals surface area contributed by atoms with Crippen LogP contribution in [0, 0.1) is 0 Å². The van der Waals surface area contributed by atoms with E-state index in [-0.39, 0.29) is 5.56 Å². The second-order valence-corrected chi connectivity index (χ2v) is 5.54. The molecule has 1 aliphatic rings. The van der Waals surface area contributed by atoms with Crippen LogP contribution in [0.5, 0.6) is 0 Å². The molecule has 0 saturated carbocycles. The number of aromatic carboxylic acids is 1. The molecule has 3 rings (SSSR count). The molecule has 1 unspecified atom stereocenters. The number of hydrogen-bond donors (Lipinski definition) is 1. The molecule has 1 atom stereocenters. The van der Waals surface area contributed by atoms with E-state index < -0.39 is 5.97 Å². The van der Waals surface area contributed by atoms with Gasteiger partial charge in [-0.1, -0.05) is 6.07 Å². The van der Waals surface area contributed by atoms with Crippen molar-refractivity contribution in [1.29, 1.82) is 0 Å². The van der Waals surface area contributed by atoms with Crippen molar-refractivity contribution in [3.05, 3.63) is 35.7 Å². The Morgan fingerprint density at radius 2 is 2.32 bits per heavy atom. The van der Waals surface area contributed by atoms with E-state index in [0.717, 1.165) is 17.9 Å². The van der Waals surface area contributed by atoms with Gasteiger partial charge in [0, 0.05) is 17.2 Å². The van der Waals surface area contributed by atoms with Crippen LogP contribution in [0.2, 0.25) is 0 Å². The molecule has 0 radical (unpaired) electrons. The first-order valence-electron chi connectivity index (χ1n) is 5.99. The second-order valence-electron chi connectivity index (χ2n) is 4.39. The summed E-state index contributed by atoms with van der Waals surface area (Å²) in [5, 5.41) is 17.0. The Kier molecular flexibility index (Phi) is 3.25. The van der Waals surface area contributed by atoms with Gasteiger partial charge in [0.1, 0.15) is 0 Å². The van der Waals surface area contributed by atoms with Gasteiger partial charge in [-0.25, -0.2) is 4.79 Å². The summed E-state index contributed by atoms with van der Waals surface area (Å²) in [5.41, 5.74) is 0.859. The SMILES string of the molecule is O=C(O)c1cccc(-c2nnc(C3CCSC3)o2)c1. The Morgan fingerprint density at radius 1 is 1.42 bits per heavy atom. The molecule has 5 nitrogen and oxygen atoms in total. The maximum absolute atomic E-state index is 10.9. The summed E-state index contributed by atoms with van der Waals surface area (Å²) >= 11 is 1.88. The van der Waals surface area contributed by atoms with Gasteiger partial charge in [0.05, 0.1) is 5.56 Å². The van der Waals surface area contributed by atoms with Crippen molar-refractivity contribution in [2.75, 3.05) is 11.5 Å². The van der Waals surface area contributed by atoms with Crippen LogP contribution in [0.1, 0.15) is 28.6 Å². The van der Waals surface area contributed by atoms with Gasteiger partial charge >= 0.3 is 5.97 Å². The predicted octanol–water partition coefficient (Wildman–Crippen LogP) is 2.66. The number of hydrogen-bond acceptors (Lipinski definition) is 5. The first kappa shape index (κ1) is 12.2. The Bertz CT molecular complexity index is 605. The van der Waals surface area contributed by atoms with E-state index in [0.29, 0.717) is 23.3 Å². The minimum atomic E-state index is -0.964. The summed E-state index contributed by atoms with van der Waals surface area (Å²) in [6, 6.07) is 6.53. The molecule has 0 bridgehead atoms. The fraction of sp³-hybridized carbons (Fsp3) is 0.308. The van der Waals surface area contributed by atoms with E-state index in [1.807, 2.05) is 11.8 Å². The highest BCUT2D eigenvalue weighted by Gasteiger charge is 2.23. The molecule has 1 fully saturated rings. The van der Waals surface area contributed by atoms with Gasteiger partial charge in [0.15, 0.2) is 0 Å². The lowest BCUT2D eigenvalue weighted by atomic mass is 10.1. The highest BCUT2D eigenvalue weighted by Crippen LogP contribution is 2.32. The smallest absolute Gasteiger partial charge is 0.335 e. The molecule has 6 heteroatoms. The zero-order chi connectivity index (χ0) is 13.2. The van der Waals surface area contributed by atoms with Crippen molar-refractivity contribution >= 4 is 17.7 Å². The van der Waals surface area contributed by atoms with Gasteiger partial charge < -0.3 is 9.52 Å². The molecule has 1 aliphatic heterocycles. The average molecular weight is 276 g/mol. The number of carbonyl (C=O) groups is 1. The number of aromatic nitrogens is 2. The Labute approximate surface area is 114 Å². The summed E-state index contributed by atoms with van der Waals surface area (Å²) in [6.07, 6.45) is 1.06. The average Bonchev–Trinajstić information content (AvgIpc) is 3.09. The molecule has 19 heavy (non-hydrogen) atoms. The highest BCUT2D eigenvalue weighted by molar-refractivity contribution is 7.99. The van der Waals surface area contributed by atoms with Crippen LogP contribution in [0.4, 0.5) is 0 Å². The minimum absolute atomic E-state index is 0.216. The molecule has 1 aromatic heterocycles. The number of rotatable bonds is 3. The summed E-state index contributed by atoms with van der Waals surface area (Å²) < 4.78 is 5.66. The van der Waals surface area contributed by atoms with Gasteiger partial charge in [-0.3, -0.25) is 0 Å². The summed E-state index contributed by atoms with van der Waals surface area (Å²) in [5.74, 6) is 2.53. The van der Waals surface area contributed by atoms with Crippen LogP contribution < -0.4 is 0 Å². The number of nitrogens with zero attached hydrogens (tertiary/aromatic N) is 2. The third-order valence-corrected chi connectivity index (χ3v) is 4.24. The van der Waals surface area contributed by atoms with E-state index in [1.165, 1.54) is 6.07 Å². The third-order valence-electron chi connectivity index (χ3n) is 3.08. The molecule has 1 saturated heterocycles. The predicted molar refractivity (Wildman–Crippen MR) is 71.4 cm³/mol. The second kappa shape index (κ2) is 5.05. The molecule has 2 heterocycles. The third kappa shape index (κ3) is 2.49. The zero-order valence-corrected chi connectivity index (χ0v) is 10.9. The molecule has 0 amide bonds. The Morgan fingerprint density at radius 3 is 3.05 bits per heavy atom. The lowest BCUT2D eigenvalue weighted by molar-refractivity contribution is 0.0697. The molecule has 1 aromatic carbocycles. The van der Waals surface area contributed by atoms with Crippen LogP contribution >= 0.6 is 11.8 Å². The van der Waals surface area contributed by atoms with Gasteiger partial charge in [-0.2, -0.15) is 11.8 Å². The minimum Gasteiger partial charge on any atom is -0.478 e. The first-order valence-corrected chi connectivity index (χ1v) is 7.14. The number of carboxylic acids is 1. The fourth-order valence-corrected chi connectivity index (χ4v) is 3.24. The first-order chi connectivity index (χ1) is 9.24. The van der Waals surface area contributed by atoms with Crippen LogP contribution in [0.3, 0.4) is 0 Å².